The first-order valence-corrected chi connectivity index (χ1v) is 10.5. The van der Waals surface area contributed by atoms with Crippen LogP contribution in [0.15, 0.2) is 29.3 Å². The van der Waals surface area contributed by atoms with E-state index in [2.05, 4.69) is 44.2 Å². The van der Waals surface area contributed by atoms with Crippen molar-refractivity contribution >= 4 is 29.3 Å². The molecule has 2 rings (SSSR count). The second-order valence-electron chi connectivity index (χ2n) is 5.96. The molecule has 0 aliphatic rings. The molecule has 0 radical (unpaired) electrons. The standard InChI is InChI=1S/C18H27ClN6S/c1-14-23-24-17(25(14)2)13-22-18(20-10-4-12-26-3)21-11-9-15-5-7-16(19)8-6-15/h5-8H,4,9-13H2,1-3H3,(H2,20,21,22). The van der Waals surface area contributed by atoms with Crippen LogP contribution in [-0.4, -0.2) is 45.8 Å². The lowest BCUT2D eigenvalue weighted by Gasteiger charge is -2.12. The first-order chi connectivity index (χ1) is 12.6. The van der Waals surface area contributed by atoms with E-state index < -0.39 is 0 Å². The predicted octanol–water partition coefficient (Wildman–Crippen LogP) is 2.81. The highest BCUT2D eigenvalue weighted by Gasteiger charge is 2.05. The van der Waals surface area contributed by atoms with Gasteiger partial charge in [0.2, 0.25) is 0 Å². The van der Waals surface area contributed by atoms with E-state index in [0.717, 1.165) is 54.3 Å². The van der Waals surface area contributed by atoms with Gasteiger partial charge in [0, 0.05) is 25.2 Å². The van der Waals surface area contributed by atoms with Crippen molar-refractivity contribution < 1.29 is 0 Å². The van der Waals surface area contributed by atoms with Crippen molar-refractivity contribution in [1.29, 1.82) is 0 Å². The zero-order valence-electron chi connectivity index (χ0n) is 15.6. The molecule has 0 spiro atoms. The fraction of sp³-hybridized carbons (Fsp3) is 0.500. The molecule has 0 unspecified atom stereocenters. The molecule has 0 amide bonds. The van der Waals surface area contributed by atoms with Gasteiger partial charge < -0.3 is 15.2 Å². The number of aryl methyl sites for hydroxylation is 1. The van der Waals surface area contributed by atoms with Gasteiger partial charge in [-0.3, -0.25) is 0 Å². The number of nitrogens with one attached hydrogen (secondary N) is 2. The SMILES string of the molecule is CSCCCNC(=NCc1nnc(C)n1C)NCCc1ccc(Cl)cc1. The van der Waals surface area contributed by atoms with Crippen molar-refractivity contribution in [2.24, 2.45) is 12.0 Å². The normalized spacial score (nSPS) is 11.6. The zero-order chi connectivity index (χ0) is 18.8. The van der Waals surface area contributed by atoms with Gasteiger partial charge in [0.25, 0.3) is 0 Å². The lowest BCUT2D eigenvalue weighted by Crippen LogP contribution is -2.39. The van der Waals surface area contributed by atoms with Crippen LogP contribution in [0.1, 0.15) is 23.6 Å². The van der Waals surface area contributed by atoms with E-state index in [1.165, 1.54) is 5.56 Å². The van der Waals surface area contributed by atoms with Crippen LogP contribution >= 0.6 is 23.4 Å². The van der Waals surface area contributed by atoms with Crippen LogP contribution in [0, 0.1) is 6.92 Å². The summed E-state index contributed by atoms with van der Waals surface area (Å²) in [5, 5.41) is 15.8. The highest BCUT2D eigenvalue weighted by atomic mass is 35.5. The van der Waals surface area contributed by atoms with Crippen molar-refractivity contribution in [2.75, 3.05) is 25.1 Å². The van der Waals surface area contributed by atoms with Gasteiger partial charge in [-0.1, -0.05) is 23.7 Å². The second kappa shape index (κ2) is 11.1. The van der Waals surface area contributed by atoms with Gasteiger partial charge >= 0.3 is 0 Å². The first kappa shape index (κ1) is 20.6. The third-order valence-corrected chi connectivity index (χ3v) is 4.95. The molecule has 1 aromatic carbocycles. The number of thioether (sulfide) groups is 1. The van der Waals surface area contributed by atoms with Crippen LogP contribution in [-0.2, 0) is 20.0 Å². The second-order valence-corrected chi connectivity index (χ2v) is 7.39. The molecule has 8 heteroatoms. The Bertz CT molecular complexity index is 698. The number of benzene rings is 1. The monoisotopic (exact) mass is 394 g/mol. The molecule has 0 saturated carbocycles. The quantitative estimate of drug-likeness (QED) is 0.389. The molecule has 2 aromatic rings. The highest BCUT2D eigenvalue weighted by molar-refractivity contribution is 7.98. The first-order valence-electron chi connectivity index (χ1n) is 8.70. The number of guanidine groups is 1. The molecule has 1 aromatic heterocycles. The number of rotatable bonds is 9. The number of hydrogen-bond donors (Lipinski definition) is 2. The molecular weight excluding hydrogens is 368 g/mol. The number of aliphatic imine (C=N–C) groups is 1. The maximum absolute atomic E-state index is 5.93. The van der Waals surface area contributed by atoms with E-state index in [1.807, 2.05) is 42.4 Å². The minimum atomic E-state index is 0.496. The molecule has 1 heterocycles. The van der Waals surface area contributed by atoms with E-state index in [9.17, 15) is 0 Å². The molecular formula is C18H27ClN6S. The lowest BCUT2D eigenvalue weighted by atomic mass is 10.1. The fourth-order valence-electron chi connectivity index (χ4n) is 2.31. The Morgan fingerprint density at radius 2 is 1.92 bits per heavy atom. The Balaban J connectivity index is 1.90. The minimum absolute atomic E-state index is 0.496. The van der Waals surface area contributed by atoms with Crippen molar-refractivity contribution in [2.45, 2.75) is 26.3 Å². The number of hydrogen-bond acceptors (Lipinski definition) is 4. The van der Waals surface area contributed by atoms with Crippen LogP contribution in [0.25, 0.3) is 0 Å². The van der Waals surface area contributed by atoms with Crippen molar-refractivity contribution in [1.82, 2.24) is 25.4 Å². The Morgan fingerprint density at radius 1 is 1.19 bits per heavy atom. The average molecular weight is 395 g/mol. The van der Waals surface area contributed by atoms with Gasteiger partial charge in [0.15, 0.2) is 11.8 Å². The Labute approximate surface area is 164 Å². The van der Waals surface area contributed by atoms with Crippen LogP contribution in [0.3, 0.4) is 0 Å². The van der Waals surface area contributed by atoms with Gasteiger partial charge in [-0.05, 0) is 49.5 Å². The van der Waals surface area contributed by atoms with Gasteiger partial charge in [0.1, 0.15) is 12.4 Å². The Kier molecular flexibility index (Phi) is 8.77. The number of halogens is 1. The summed E-state index contributed by atoms with van der Waals surface area (Å²) < 4.78 is 1.96. The third kappa shape index (κ3) is 6.88. The number of aromatic nitrogens is 3. The highest BCUT2D eigenvalue weighted by Crippen LogP contribution is 2.09. The van der Waals surface area contributed by atoms with Crippen molar-refractivity contribution in [3.05, 3.63) is 46.5 Å². The van der Waals surface area contributed by atoms with E-state index >= 15 is 0 Å². The van der Waals surface area contributed by atoms with Gasteiger partial charge in [0.05, 0.1) is 0 Å². The molecule has 0 saturated heterocycles. The van der Waals surface area contributed by atoms with E-state index in [1.54, 1.807) is 0 Å². The molecule has 0 atom stereocenters. The molecule has 26 heavy (non-hydrogen) atoms. The fourth-order valence-corrected chi connectivity index (χ4v) is 2.87. The molecule has 142 valence electrons. The van der Waals surface area contributed by atoms with Crippen LogP contribution < -0.4 is 10.6 Å². The minimum Gasteiger partial charge on any atom is -0.356 e. The maximum atomic E-state index is 5.93. The molecule has 0 aliphatic heterocycles. The lowest BCUT2D eigenvalue weighted by molar-refractivity contribution is 0.742. The summed E-state index contributed by atoms with van der Waals surface area (Å²) in [6.07, 6.45) is 4.13. The van der Waals surface area contributed by atoms with Crippen LogP contribution in [0.4, 0.5) is 0 Å². The Morgan fingerprint density at radius 3 is 2.58 bits per heavy atom. The summed E-state index contributed by atoms with van der Waals surface area (Å²) in [5.41, 5.74) is 1.24. The average Bonchev–Trinajstić information content (AvgIpc) is 2.96. The molecule has 0 aliphatic carbocycles. The molecule has 0 bridgehead atoms. The molecule has 0 fully saturated rings. The summed E-state index contributed by atoms with van der Waals surface area (Å²) in [7, 11) is 1.96. The Hall–Kier alpha value is -1.73. The summed E-state index contributed by atoms with van der Waals surface area (Å²) in [4.78, 5) is 4.65. The number of nitrogens with zero attached hydrogens (tertiary/aromatic N) is 4. The predicted molar refractivity (Wildman–Crippen MR) is 111 cm³/mol. The van der Waals surface area contributed by atoms with Gasteiger partial charge in [-0.2, -0.15) is 11.8 Å². The van der Waals surface area contributed by atoms with E-state index in [0.29, 0.717) is 6.54 Å². The smallest absolute Gasteiger partial charge is 0.191 e. The summed E-state index contributed by atoms with van der Waals surface area (Å²) in [6, 6.07) is 7.94. The van der Waals surface area contributed by atoms with Crippen LogP contribution in [0.2, 0.25) is 5.02 Å². The third-order valence-electron chi connectivity index (χ3n) is 4.00. The maximum Gasteiger partial charge on any atom is 0.191 e. The van der Waals surface area contributed by atoms with E-state index in [4.69, 9.17) is 11.6 Å². The summed E-state index contributed by atoms with van der Waals surface area (Å²) >= 11 is 7.79. The zero-order valence-corrected chi connectivity index (χ0v) is 17.2. The summed E-state index contributed by atoms with van der Waals surface area (Å²) in [5.74, 6) is 3.68. The van der Waals surface area contributed by atoms with E-state index in [-0.39, 0.29) is 0 Å². The van der Waals surface area contributed by atoms with Crippen molar-refractivity contribution in [3.63, 3.8) is 0 Å². The van der Waals surface area contributed by atoms with Gasteiger partial charge in [-0.15, -0.1) is 10.2 Å². The molecule has 6 nitrogen and oxygen atoms in total. The van der Waals surface area contributed by atoms with Gasteiger partial charge in [-0.25, -0.2) is 4.99 Å². The topological polar surface area (TPSA) is 67.1 Å². The molecule has 2 N–H and O–H groups in total. The van der Waals surface area contributed by atoms with Crippen LogP contribution in [0.5, 0.6) is 0 Å². The van der Waals surface area contributed by atoms with Crippen molar-refractivity contribution in [3.8, 4) is 0 Å². The largest absolute Gasteiger partial charge is 0.356 e. The summed E-state index contributed by atoms with van der Waals surface area (Å²) in [6.45, 7) is 4.13.